The quantitative estimate of drug-likeness (QED) is 0.207. The largest absolute Gasteiger partial charge is 0.481 e. The molecule has 3 N–H and O–H groups in total. The number of aliphatic hydroxyl groups excluding tert-OH is 1. The molecule has 1 aromatic heterocycles. The van der Waals surface area contributed by atoms with Crippen LogP contribution in [0.1, 0.15) is 79.6 Å². The zero-order valence-corrected chi connectivity index (χ0v) is 26.3. The lowest BCUT2D eigenvalue weighted by Gasteiger charge is -2.40. The summed E-state index contributed by atoms with van der Waals surface area (Å²) in [4.78, 5) is 36.3. The van der Waals surface area contributed by atoms with E-state index < -0.39 is 12.3 Å². The van der Waals surface area contributed by atoms with E-state index in [0.29, 0.717) is 19.4 Å². The topological polar surface area (TPSA) is 137 Å². The molecule has 0 saturated carbocycles. The normalized spacial score (nSPS) is 20.4. The van der Waals surface area contributed by atoms with Gasteiger partial charge < -0.3 is 29.9 Å². The number of amides is 1. The van der Waals surface area contributed by atoms with Crippen molar-refractivity contribution in [2.45, 2.75) is 76.6 Å². The van der Waals surface area contributed by atoms with Crippen LogP contribution in [0.3, 0.4) is 0 Å². The fraction of sp³-hybridized carbons (Fsp3) is 0.486. The summed E-state index contributed by atoms with van der Waals surface area (Å²) in [6.45, 7) is 4.73. The number of hydrogen-bond acceptors (Lipinski definition) is 9. The molecule has 246 valence electrons. The zero-order chi connectivity index (χ0) is 32.1. The van der Waals surface area contributed by atoms with E-state index in [-0.39, 0.29) is 31.1 Å². The third-order valence-electron chi connectivity index (χ3n) is 8.57. The van der Waals surface area contributed by atoms with Gasteiger partial charge in [-0.15, -0.1) is 0 Å². The highest BCUT2D eigenvalue weighted by atomic mass is 16.7. The van der Waals surface area contributed by atoms with Gasteiger partial charge in [-0.3, -0.25) is 14.5 Å². The van der Waals surface area contributed by atoms with Gasteiger partial charge in [0.25, 0.3) is 0 Å². The van der Waals surface area contributed by atoms with E-state index in [1.54, 1.807) is 12.4 Å². The van der Waals surface area contributed by atoms with Gasteiger partial charge in [0.1, 0.15) is 0 Å². The standard InChI is InChI=1S/C35H45N5O6/c41-25-27-10-12-28(13-11-27)31-22-30(24-39-18-20-40(21-19-39)35-36-16-5-17-37-35)45-34(46-31)29-14-8-26(9-15-29)23-38-32(42)6-3-1-2-4-7-33(43)44/h5,8-17,30-31,34,41H,1-4,6-7,18-25H2,(H,38,42)(H,43,44). The van der Waals surface area contributed by atoms with Crippen LogP contribution in [0.25, 0.3) is 0 Å². The summed E-state index contributed by atoms with van der Waals surface area (Å²) in [6.07, 6.45) is 7.24. The molecule has 46 heavy (non-hydrogen) atoms. The van der Waals surface area contributed by atoms with Crippen molar-refractivity contribution >= 4 is 17.8 Å². The Bertz CT molecular complexity index is 1370. The highest BCUT2D eigenvalue weighted by Gasteiger charge is 2.34. The minimum absolute atomic E-state index is 0.00155. The molecule has 2 saturated heterocycles. The number of hydrogen-bond donors (Lipinski definition) is 3. The molecule has 0 spiro atoms. The molecular formula is C35H45N5O6. The Labute approximate surface area is 270 Å². The Balaban J connectivity index is 1.15. The maximum atomic E-state index is 12.3. The summed E-state index contributed by atoms with van der Waals surface area (Å²) < 4.78 is 13.1. The lowest BCUT2D eigenvalue weighted by atomic mass is 9.99. The summed E-state index contributed by atoms with van der Waals surface area (Å²) in [5.41, 5.74) is 3.83. The van der Waals surface area contributed by atoms with E-state index in [1.807, 2.05) is 54.6 Å². The lowest BCUT2D eigenvalue weighted by molar-refractivity contribution is -0.253. The molecule has 0 bridgehead atoms. The molecule has 3 aromatic rings. The van der Waals surface area contributed by atoms with Gasteiger partial charge in [-0.1, -0.05) is 61.4 Å². The molecule has 11 nitrogen and oxygen atoms in total. The average molecular weight is 632 g/mol. The van der Waals surface area contributed by atoms with Gasteiger partial charge in [0.15, 0.2) is 6.29 Å². The van der Waals surface area contributed by atoms with E-state index in [0.717, 1.165) is 86.6 Å². The van der Waals surface area contributed by atoms with E-state index in [9.17, 15) is 14.7 Å². The minimum Gasteiger partial charge on any atom is -0.481 e. The number of unbranched alkanes of at least 4 members (excludes halogenated alkanes) is 3. The number of aromatic nitrogens is 2. The summed E-state index contributed by atoms with van der Waals surface area (Å²) >= 11 is 0. The Hall–Kier alpha value is -3.90. The van der Waals surface area contributed by atoms with E-state index in [2.05, 4.69) is 25.1 Å². The van der Waals surface area contributed by atoms with Gasteiger partial charge in [-0.2, -0.15) is 0 Å². The molecular weight excluding hydrogens is 586 g/mol. The number of anilines is 1. The van der Waals surface area contributed by atoms with Crippen LogP contribution >= 0.6 is 0 Å². The number of nitrogens with zero attached hydrogens (tertiary/aromatic N) is 4. The van der Waals surface area contributed by atoms with Crippen LogP contribution in [0.4, 0.5) is 5.95 Å². The lowest BCUT2D eigenvalue weighted by Crippen LogP contribution is -2.50. The van der Waals surface area contributed by atoms with Crippen molar-refractivity contribution in [3.63, 3.8) is 0 Å². The Morgan fingerprint density at radius 3 is 2.15 bits per heavy atom. The molecule has 2 aromatic carbocycles. The Morgan fingerprint density at radius 1 is 0.826 bits per heavy atom. The monoisotopic (exact) mass is 631 g/mol. The third-order valence-corrected chi connectivity index (χ3v) is 8.57. The van der Waals surface area contributed by atoms with Crippen LogP contribution in [0, 0.1) is 0 Å². The maximum absolute atomic E-state index is 12.3. The van der Waals surface area contributed by atoms with Crippen molar-refractivity contribution in [2.24, 2.45) is 0 Å². The van der Waals surface area contributed by atoms with Crippen LogP contribution < -0.4 is 10.2 Å². The first-order valence-corrected chi connectivity index (χ1v) is 16.3. The molecule has 0 aliphatic carbocycles. The van der Waals surface area contributed by atoms with E-state index in [1.165, 1.54) is 0 Å². The second-order valence-electron chi connectivity index (χ2n) is 12.0. The fourth-order valence-corrected chi connectivity index (χ4v) is 5.90. The number of carboxylic acid groups (broad SMARTS) is 1. The van der Waals surface area contributed by atoms with Crippen LogP contribution in [0.5, 0.6) is 0 Å². The molecule has 11 heteroatoms. The van der Waals surface area contributed by atoms with Gasteiger partial charge in [-0.05, 0) is 35.6 Å². The van der Waals surface area contributed by atoms with Crippen LogP contribution in [-0.2, 0) is 32.2 Å². The number of carbonyl (C=O) groups is 2. The van der Waals surface area contributed by atoms with Gasteiger partial charge in [0, 0.05) is 76.5 Å². The van der Waals surface area contributed by atoms with Crippen molar-refractivity contribution < 1.29 is 29.3 Å². The van der Waals surface area contributed by atoms with Crippen LogP contribution in [0.2, 0.25) is 0 Å². The Kier molecular flexibility index (Phi) is 12.5. The number of rotatable bonds is 15. The second-order valence-corrected chi connectivity index (χ2v) is 12.0. The fourth-order valence-electron chi connectivity index (χ4n) is 5.90. The number of aliphatic hydroxyl groups is 1. The summed E-state index contributed by atoms with van der Waals surface area (Å²) in [6, 6.07) is 17.7. The van der Waals surface area contributed by atoms with E-state index >= 15 is 0 Å². The number of nitrogens with one attached hydrogen (secondary N) is 1. The molecule has 5 rings (SSSR count). The molecule has 3 heterocycles. The number of aliphatic carboxylic acids is 1. The third kappa shape index (κ3) is 10.1. The van der Waals surface area contributed by atoms with Gasteiger partial charge in [-0.25, -0.2) is 9.97 Å². The van der Waals surface area contributed by atoms with Crippen molar-refractivity contribution in [3.8, 4) is 0 Å². The second kappa shape index (κ2) is 17.1. The minimum atomic E-state index is -0.775. The van der Waals surface area contributed by atoms with Crippen molar-refractivity contribution in [1.82, 2.24) is 20.2 Å². The van der Waals surface area contributed by atoms with Gasteiger partial charge in [0.05, 0.1) is 18.8 Å². The number of carbonyl (C=O) groups excluding carboxylic acids is 1. The highest BCUT2D eigenvalue weighted by molar-refractivity contribution is 5.75. The molecule has 3 unspecified atom stereocenters. The summed E-state index contributed by atoms with van der Waals surface area (Å²) in [5, 5.41) is 21.2. The molecule has 3 atom stereocenters. The first-order valence-electron chi connectivity index (χ1n) is 16.3. The smallest absolute Gasteiger partial charge is 0.303 e. The Morgan fingerprint density at radius 2 is 1.48 bits per heavy atom. The van der Waals surface area contributed by atoms with Crippen LogP contribution in [-0.4, -0.2) is 75.8 Å². The first kappa shape index (κ1) is 33.5. The number of ether oxygens (including phenoxy) is 2. The van der Waals surface area contributed by atoms with Crippen LogP contribution in [0.15, 0.2) is 67.0 Å². The maximum Gasteiger partial charge on any atom is 0.303 e. The predicted octanol–water partition coefficient (Wildman–Crippen LogP) is 4.38. The SMILES string of the molecule is O=C(O)CCCCCCC(=O)NCc1ccc(C2OC(CN3CCN(c4ncccn4)CC3)CC(c3ccc(CO)cc3)O2)cc1. The molecule has 1 amide bonds. The van der Waals surface area contributed by atoms with Gasteiger partial charge >= 0.3 is 5.97 Å². The summed E-state index contributed by atoms with van der Waals surface area (Å²) in [5.74, 6) is -0.0108. The number of carboxylic acids is 1. The van der Waals surface area contributed by atoms with Crippen molar-refractivity contribution in [3.05, 3.63) is 89.2 Å². The van der Waals surface area contributed by atoms with Crippen molar-refractivity contribution in [1.29, 1.82) is 0 Å². The molecule has 2 aliphatic heterocycles. The number of piperazine rings is 1. The molecule has 2 fully saturated rings. The molecule has 0 radical (unpaired) electrons. The average Bonchev–Trinajstić information content (AvgIpc) is 3.09. The summed E-state index contributed by atoms with van der Waals surface area (Å²) in [7, 11) is 0. The molecule has 2 aliphatic rings. The number of benzene rings is 2. The van der Waals surface area contributed by atoms with E-state index in [4.69, 9.17) is 14.6 Å². The zero-order valence-electron chi connectivity index (χ0n) is 26.3. The first-order chi connectivity index (χ1) is 22.5. The van der Waals surface area contributed by atoms with Crippen molar-refractivity contribution in [2.75, 3.05) is 37.6 Å². The highest BCUT2D eigenvalue weighted by Crippen LogP contribution is 2.38. The van der Waals surface area contributed by atoms with Gasteiger partial charge in [0.2, 0.25) is 11.9 Å². The predicted molar refractivity (Wildman–Crippen MR) is 173 cm³/mol.